The fraction of sp³-hybridized carbons (Fsp3) is 0.424. The molecule has 2 saturated heterocycles. The summed E-state index contributed by atoms with van der Waals surface area (Å²) in [4.78, 5) is 26.8. The van der Waals surface area contributed by atoms with Crippen molar-refractivity contribution in [1.82, 2.24) is 0 Å². The van der Waals surface area contributed by atoms with Gasteiger partial charge in [-0.3, -0.25) is 0 Å². The van der Waals surface area contributed by atoms with E-state index < -0.39 is 72.3 Å². The molecule has 0 amide bonds. The third-order valence-electron chi connectivity index (χ3n) is 14.2. The number of aliphatic hydroxyl groups excluding tert-OH is 1. The van der Waals surface area contributed by atoms with Crippen LogP contribution in [0.1, 0.15) is 86.9 Å². The van der Waals surface area contributed by atoms with Crippen LogP contribution in [0, 0.1) is 11.8 Å². The molecule has 2 aliphatic rings. The highest BCUT2D eigenvalue weighted by Crippen LogP contribution is 2.41. The number of hydrogen-bond acceptors (Lipinski definition) is 12. The van der Waals surface area contributed by atoms with Gasteiger partial charge in [0, 0.05) is 45.3 Å². The fourth-order valence-electron chi connectivity index (χ4n) is 10.5. The maximum Gasteiger partial charge on any atom is 0.338 e. The van der Waals surface area contributed by atoms with Gasteiger partial charge in [0.1, 0.15) is 12.7 Å². The van der Waals surface area contributed by atoms with E-state index in [-0.39, 0.29) is 41.1 Å². The average molecular weight is 1030 g/mol. The zero-order valence-electron chi connectivity index (χ0n) is 42.8. The first-order valence-corrected chi connectivity index (χ1v) is 29.0. The smallest absolute Gasteiger partial charge is 0.338 e. The summed E-state index contributed by atoms with van der Waals surface area (Å²) < 4.78 is 73.0. The molecule has 0 bridgehead atoms. The Labute approximate surface area is 433 Å². The first kappa shape index (κ1) is 55.5. The van der Waals surface area contributed by atoms with Gasteiger partial charge in [-0.05, 0) is 76.1 Å². The van der Waals surface area contributed by atoms with Gasteiger partial charge >= 0.3 is 11.9 Å². The summed E-state index contributed by atoms with van der Waals surface area (Å²) in [5.74, 6) is -3.62. The second kappa shape index (κ2) is 25.3. The lowest BCUT2D eigenvalue weighted by Gasteiger charge is -2.43. The van der Waals surface area contributed by atoms with Crippen molar-refractivity contribution < 1.29 is 56.0 Å². The number of benzene rings is 5. The Morgan fingerprint density at radius 1 is 0.767 bits per heavy atom. The number of aliphatic hydroxyl groups is 1. The fourth-order valence-corrected chi connectivity index (χ4v) is 16.7. The minimum atomic E-state index is -3.90. The summed E-state index contributed by atoms with van der Waals surface area (Å²) in [6.07, 6.45) is -2.30. The van der Waals surface area contributed by atoms with Crippen LogP contribution in [0.2, 0.25) is 5.04 Å². The lowest BCUT2D eigenvalue weighted by atomic mass is 9.85. The van der Waals surface area contributed by atoms with Crippen LogP contribution in [0.3, 0.4) is 0 Å². The zero-order valence-corrected chi connectivity index (χ0v) is 44.6. The number of esters is 2. The van der Waals surface area contributed by atoms with Gasteiger partial charge in [0.2, 0.25) is 0 Å². The van der Waals surface area contributed by atoms with E-state index in [1.807, 2.05) is 19.1 Å². The second-order valence-corrected chi connectivity index (χ2v) is 26.6. The SMILES string of the molecule is C=C([C@H](C)CC1(CCCO[Si](c2ccccc2)(c2ccccc2)C(C)(C)C)OCCCO1)[C@H](O)C[C@@H]1O[C@H](C[C@@H](COC(=O)c2ccccc2)OC(=O)c2ccccc2)[C@H](OC)[C@H]1CS(=O)(=O)c1ccccc1. The average Bonchev–Trinajstić information content (AvgIpc) is 3.71. The maximum absolute atomic E-state index is 14.1. The number of ether oxygens (including phenoxy) is 6. The number of rotatable bonds is 24. The monoisotopic (exact) mass is 1030 g/mol. The third-order valence-corrected chi connectivity index (χ3v) is 21.0. The van der Waals surface area contributed by atoms with Crippen molar-refractivity contribution in [2.24, 2.45) is 11.8 Å². The van der Waals surface area contributed by atoms with Gasteiger partial charge in [0.25, 0.3) is 8.32 Å². The molecular weight excluding hydrogens is 961 g/mol. The largest absolute Gasteiger partial charge is 0.458 e. The highest BCUT2D eigenvalue weighted by Gasteiger charge is 2.51. The van der Waals surface area contributed by atoms with Crippen molar-refractivity contribution in [3.05, 3.63) is 175 Å². The molecular formula is C59H72O12SSi. The highest BCUT2D eigenvalue weighted by atomic mass is 32.2. The summed E-state index contributed by atoms with van der Waals surface area (Å²) in [7, 11) is -5.20. The van der Waals surface area contributed by atoms with Gasteiger partial charge in [-0.15, -0.1) is 0 Å². The molecule has 0 aromatic heterocycles. The van der Waals surface area contributed by atoms with Gasteiger partial charge < -0.3 is 38.0 Å². The van der Waals surface area contributed by atoms with E-state index in [1.54, 1.807) is 91.0 Å². The van der Waals surface area contributed by atoms with E-state index in [2.05, 4.69) is 75.9 Å². The first-order valence-electron chi connectivity index (χ1n) is 25.4. The molecule has 73 heavy (non-hydrogen) atoms. The molecule has 12 nitrogen and oxygen atoms in total. The van der Waals surface area contributed by atoms with E-state index in [9.17, 15) is 23.1 Å². The molecule has 0 radical (unpaired) electrons. The molecule has 7 atom stereocenters. The van der Waals surface area contributed by atoms with E-state index in [1.165, 1.54) is 17.5 Å². The molecule has 0 saturated carbocycles. The summed E-state index contributed by atoms with van der Waals surface area (Å²) >= 11 is 0. The Morgan fingerprint density at radius 2 is 1.29 bits per heavy atom. The van der Waals surface area contributed by atoms with E-state index in [0.29, 0.717) is 55.8 Å². The molecule has 5 aromatic rings. The van der Waals surface area contributed by atoms with Crippen molar-refractivity contribution in [3.8, 4) is 0 Å². The number of methoxy groups -OCH3 is 1. The standard InChI is InChI=1S/C59H72O12SSi/c1-43(40-59(67-35-23-36-68-59)34-22-37-69-73(58(3,4)5,49-30-18-10-19-31-49)50-32-20-11-21-33-50)44(2)52(60)39-53-51(42-72(63,64)48-28-16-9-17-29-48)55(65-6)54(71-53)38-47(70-57(62)46-26-14-8-15-27-46)41-66-56(61)45-24-12-7-13-25-45/h7-21,24-33,43,47,51-55,60H,2,22-23,34-42H2,1,3-6H3/t43-,47+,51+,52-,53+,54-,55-/m1/s1. The van der Waals surface area contributed by atoms with Crippen LogP contribution in [-0.2, 0) is 42.7 Å². The van der Waals surface area contributed by atoms with Crippen LogP contribution in [-0.4, -0.2) is 109 Å². The Morgan fingerprint density at radius 3 is 1.82 bits per heavy atom. The lowest BCUT2D eigenvalue weighted by molar-refractivity contribution is -0.277. The van der Waals surface area contributed by atoms with Gasteiger partial charge in [0.05, 0.1) is 59.4 Å². The van der Waals surface area contributed by atoms with E-state index in [0.717, 1.165) is 6.42 Å². The third kappa shape index (κ3) is 13.9. The van der Waals surface area contributed by atoms with Crippen molar-refractivity contribution in [2.45, 2.75) is 112 Å². The summed E-state index contributed by atoms with van der Waals surface area (Å²) in [5.41, 5.74) is 1.14. The van der Waals surface area contributed by atoms with Crippen LogP contribution in [0.4, 0.5) is 0 Å². The molecule has 2 heterocycles. The predicted molar refractivity (Wildman–Crippen MR) is 284 cm³/mol. The number of carbonyl (C=O) groups is 2. The van der Waals surface area contributed by atoms with Crippen LogP contribution >= 0.6 is 0 Å². The maximum atomic E-state index is 14.1. The highest BCUT2D eigenvalue weighted by molar-refractivity contribution is 7.91. The topological polar surface area (TPSA) is 153 Å². The lowest BCUT2D eigenvalue weighted by Crippen LogP contribution is -2.66. The normalized spacial score (nSPS) is 20.4. The molecule has 390 valence electrons. The number of carbonyl (C=O) groups excluding carboxylic acids is 2. The molecule has 2 aliphatic heterocycles. The van der Waals surface area contributed by atoms with Crippen molar-refractivity contribution >= 4 is 40.5 Å². The van der Waals surface area contributed by atoms with Crippen LogP contribution < -0.4 is 10.4 Å². The Hall–Kier alpha value is -5.29. The molecule has 1 N–H and O–H groups in total. The van der Waals surface area contributed by atoms with Gasteiger partial charge in [-0.25, -0.2) is 18.0 Å². The molecule has 0 aliphatic carbocycles. The Balaban J connectivity index is 1.08. The second-order valence-electron chi connectivity index (χ2n) is 20.3. The van der Waals surface area contributed by atoms with Gasteiger partial charge in [0.15, 0.2) is 15.6 Å². The minimum absolute atomic E-state index is 0.00693. The van der Waals surface area contributed by atoms with Gasteiger partial charge in [-0.1, -0.05) is 150 Å². The quantitative estimate of drug-likeness (QED) is 0.0272. The molecule has 2 fully saturated rings. The number of hydrogen-bond donors (Lipinski definition) is 1. The molecule has 0 spiro atoms. The summed E-state index contributed by atoms with van der Waals surface area (Å²) in [5, 5.41) is 14.4. The zero-order chi connectivity index (χ0) is 52.1. The minimum Gasteiger partial charge on any atom is -0.458 e. The van der Waals surface area contributed by atoms with E-state index in [4.69, 9.17) is 32.8 Å². The van der Waals surface area contributed by atoms with Crippen LogP contribution in [0.25, 0.3) is 0 Å². The molecule has 7 rings (SSSR count). The summed E-state index contributed by atoms with van der Waals surface area (Å²) in [6, 6.07) is 46.2. The number of sulfone groups is 1. The van der Waals surface area contributed by atoms with Gasteiger partial charge in [-0.2, -0.15) is 0 Å². The van der Waals surface area contributed by atoms with E-state index >= 15 is 0 Å². The van der Waals surface area contributed by atoms with Crippen LogP contribution in [0.15, 0.2) is 169 Å². The van der Waals surface area contributed by atoms with Crippen LogP contribution in [0.5, 0.6) is 0 Å². The molecule has 0 unspecified atom stereocenters. The van der Waals surface area contributed by atoms with Crippen molar-refractivity contribution in [3.63, 3.8) is 0 Å². The molecule has 5 aromatic carbocycles. The summed E-state index contributed by atoms with van der Waals surface area (Å²) in [6.45, 7) is 14.4. The Bertz CT molecular complexity index is 2590. The van der Waals surface area contributed by atoms with Crippen molar-refractivity contribution in [1.29, 1.82) is 0 Å². The predicted octanol–water partition coefficient (Wildman–Crippen LogP) is 9.16. The van der Waals surface area contributed by atoms with Crippen molar-refractivity contribution in [2.75, 3.05) is 39.3 Å². The Kier molecular flexibility index (Phi) is 19.2. The first-order chi connectivity index (χ1) is 35.1. The molecule has 14 heteroatoms.